The Bertz CT molecular complexity index is 151. The van der Waals surface area contributed by atoms with E-state index in [-0.39, 0.29) is 0 Å². The van der Waals surface area contributed by atoms with Crippen molar-refractivity contribution in [2.45, 2.75) is 30.7 Å². The van der Waals surface area contributed by atoms with Gasteiger partial charge in [0.15, 0.2) is 6.29 Å². The maximum atomic E-state index is 9.12. The topological polar surface area (TPSA) is 110 Å². The van der Waals surface area contributed by atoms with Gasteiger partial charge < -0.3 is 30.3 Å². The molecule has 0 aromatic carbocycles. The Morgan fingerprint density at radius 3 is 2.08 bits per heavy atom. The van der Waals surface area contributed by atoms with Crippen LogP contribution >= 0.6 is 0 Å². The van der Waals surface area contributed by atoms with Crippen LogP contribution in [0.25, 0.3) is 0 Å². The predicted molar refractivity (Wildman–Crippen MR) is 36.0 cm³/mol. The van der Waals surface area contributed by atoms with Crippen LogP contribution in [0.15, 0.2) is 0 Å². The summed E-state index contributed by atoms with van der Waals surface area (Å²) in [6, 6.07) is 0. The monoisotopic (exact) mass is 180 g/mol. The molecular formula is C6H12O6. The lowest BCUT2D eigenvalue weighted by atomic mass is 10.1. The molecule has 0 aliphatic carbocycles. The van der Waals surface area contributed by atoms with Crippen LogP contribution in [-0.4, -0.2) is 62.8 Å². The van der Waals surface area contributed by atoms with Crippen LogP contribution in [-0.2, 0) is 4.74 Å². The van der Waals surface area contributed by atoms with Crippen molar-refractivity contribution in [3.8, 4) is 0 Å². The molecule has 1 aliphatic heterocycles. The van der Waals surface area contributed by atoms with Crippen molar-refractivity contribution >= 4 is 0 Å². The van der Waals surface area contributed by atoms with Crippen molar-refractivity contribution in [2.24, 2.45) is 0 Å². The Balaban J connectivity index is 2.58. The highest BCUT2D eigenvalue weighted by Gasteiger charge is 2.44. The van der Waals surface area contributed by atoms with Crippen molar-refractivity contribution < 1.29 is 30.3 Å². The number of ether oxygens (including phenoxy) is 1. The number of hydrogen-bond donors (Lipinski definition) is 5. The van der Waals surface area contributed by atoms with E-state index in [1.54, 1.807) is 0 Å². The molecule has 0 saturated carbocycles. The average molecular weight is 180 g/mol. The fourth-order valence-electron chi connectivity index (χ4n) is 1.11. The van der Waals surface area contributed by atoms with Gasteiger partial charge in [-0.05, 0) is 0 Å². The van der Waals surface area contributed by atoms with Crippen molar-refractivity contribution in [3.05, 3.63) is 0 Å². The van der Waals surface area contributed by atoms with Gasteiger partial charge in [0.2, 0.25) is 0 Å². The second-order valence-electron chi connectivity index (χ2n) is 2.72. The Morgan fingerprint density at radius 2 is 1.75 bits per heavy atom. The first kappa shape index (κ1) is 9.85. The van der Waals surface area contributed by atoms with Gasteiger partial charge in [-0.25, -0.2) is 0 Å². The van der Waals surface area contributed by atoms with Gasteiger partial charge in [0.25, 0.3) is 0 Å². The molecule has 0 amide bonds. The number of aliphatic hydroxyl groups is 5. The maximum absolute atomic E-state index is 9.12. The van der Waals surface area contributed by atoms with Gasteiger partial charge in [-0.2, -0.15) is 0 Å². The molecule has 72 valence electrons. The molecule has 1 heterocycles. The van der Waals surface area contributed by atoms with Crippen LogP contribution < -0.4 is 0 Å². The minimum Gasteiger partial charge on any atom is -0.394 e. The summed E-state index contributed by atoms with van der Waals surface area (Å²) >= 11 is 0. The second-order valence-corrected chi connectivity index (χ2v) is 2.72. The third-order valence-corrected chi connectivity index (χ3v) is 1.84. The first-order chi connectivity index (χ1) is 5.57. The molecule has 0 bridgehead atoms. The summed E-state index contributed by atoms with van der Waals surface area (Å²) in [5.41, 5.74) is 0. The zero-order chi connectivity index (χ0) is 9.30. The van der Waals surface area contributed by atoms with E-state index in [0.717, 1.165) is 0 Å². The number of hydrogen-bond acceptors (Lipinski definition) is 6. The average Bonchev–Trinajstić information content (AvgIpc) is 2.32. The Kier molecular flexibility index (Phi) is 2.99. The summed E-state index contributed by atoms with van der Waals surface area (Å²) in [6.45, 7) is -0.596. The summed E-state index contributed by atoms with van der Waals surface area (Å²) in [7, 11) is 0. The third kappa shape index (κ3) is 1.58. The first-order valence-electron chi connectivity index (χ1n) is 3.56. The lowest BCUT2D eigenvalue weighted by Gasteiger charge is -2.18. The van der Waals surface area contributed by atoms with E-state index in [2.05, 4.69) is 4.74 Å². The van der Waals surface area contributed by atoms with E-state index in [1.165, 1.54) is 0 Å². The molecule has 12 heavy (non-hydrogen) atoms. The molecule has 0 aromatic heterocycles. The van der Waals surface area contributed by atoms with Gasteiger partial charge in [0.05, 0.1) is 6.61 Å². The standard InChI is InChI=1S/C6H12O6/c7-1-2(8)5-3(9)4(10)6(11)12-5/h2-11H,1H2/t2-,3-,4+,5+,6-/m1/s1. The van der Waals surface area contributed by atoms with Crippen molar-refractivity contribution in [2.75, 3.05) is 6.61 Å². The molecule has 0 unspecified atom stereocenters. The highest BCUT2D eigenvalue weighted by Crippen LogP contribution is 2.21. The molecule has 1 rings (SSSR count). The minimum absolute atomic E-state index is 0.596. The van der Waals surface area contributed by atoms with E-state index < -0.39 is 37.3 Å². The molecule has 5 N–H and O–H groups in total. The fraction of sp³-hybridized carbons (Fsp3) is 1.00. The summed E-state index contributed by atoms with van der Waals surface area (Å²) in [5, 5.41) is 44.4. The van der Waals surface area contributed by atoms with Crippen LogP contribution in [0, 0.1) is 0 Å². The van der Waals surface area contributed by atoms with Crippen molar-refractivity contribution in [1.29, 1.82) is 0 Å². The molecule has 0 aromatic rings. The zero-order valence-corrected chi connectivity index (χ0v) is 6.24. The second kappa shape index (κ2) is 3.65. The highest BCUT2D eigenvalue weighted by atomic mass is 16.6. The van der Waals surface area contributed by atoms with E-state index >= 15 is 0 Å². The number of aliphatic hydroxyl groups excluding tert-OH is 5. The lowest BCUT2D eigenvalue weighted by Crippen LogP contribution is -2.40. The molecule has 6 heteroatoms. The molecule has 1 saturated heterocycles. The first-order valence-corrected chi connectivity index (χ1v) is 3.56. The van der Waals surface area contributed by atoms with Crippen LogP contribution in [0.1, 0.15) is 0 Å². The SMILES string of the molecule is OC[C@@H](O)[C@@H]1O[C@@H](O)[C@@H](O)[C@H]1O. The van der Waals surface area contributed by atoms with E-state index in [0.29, 0.717) is 0 Å². The maximum Gasteiger partial charge on any atom is 0.184 e. The van der Waals surface area contributed by atoms with Crippen LogP contribution in [0.2, 0.25) is 0 Å². The van der Waals surface area contributed by atoms with Gasteiger partial charge >= 0.3 is 0 Å². The van der Waals surface area contributed by atoms with E-state index in [1.807, 2.05) is 0 Å². The molecule has 0 spiro atoms. The lowest BCUT2D eigenvalue weighted by molar-refractivity contribution is -0.150. The molecule has 1 fully saturated rings. The Morgan fingerprint density at radius 1 is 1.17 bits per heavy atom. The zero-order valence-electron chi connectivity index (χ0n) is 6.24. The summed E-state index contributed by atoms with van der Waals surface area (Å²) in [5.74, 6) is 0. The Hall–Kier alpha value is -0.240. The molecule has 1 aliphatic rings. The molecular weight excluding hydrogens is 168 g/mol. The van der Waals surface area contributed by atoms with Crippen molar-refractivity contribution in [3.63, 3.8) is 0 Å². The normalized spacial score (nSPS) is 44.8. The molecule has 5 atom stereocenters. The van der Waals surface area contributed by atoms with Crippen LogP contribution in [0.3, 0.4) is 0 Å². The fourth-order valence-corrected chi connectivity index (χ4v) is 1.11. The van der Waals surface area contributed by atoms with Gasteiger partial charge in [-0.1, -0.05) is 0 Å². The van der Waals surface area contributed by atoms with Crippen molar-refractivity contribution in [1.82, 2.24) is 0 Å². The predicted octanol–water partition coefficient (Wildman–Crippen LogP) is -3.22. The van der Waals surface area contributed by atoms with Crippen LogP contribution in [0.5, 0.6) is 0 Å². The van der Waals surface area contributed by atoms with Gasteiger partial charge in [-0.15, -0.1) is 0 Å². The van der Waals surface area contributed by atoms with Gasteiger partial charge in [-0.3, -0.25) is 0 Å². The summed E-state index contributed by atoms with van der Waals surface area (Å²) in [6.07, 6.45) is -6.75. The third-order valence-electron chi connectivity index (χ3n) is 1.84. The van der Waals surface area contributed by atoms with Gasteiger partial charge in [0.1, 0.15) is 24.4 Å². The molecule has 6 nitrogen and oxygen atoms in total. The smallest absolute Gasteiger partial charge is 0.184 e. The van der Waals surface area contributed by atoms with E-state index in [4.69, 9.17) is 25.5 Å². The number of rotatable bonds is 2. The quantitative estimate of drug-likeness (QED) is 0.306. The largest absolute Gasteiger partial charge is 0.394 e. The molecule has 0 radical (unpaired) electrons. The Labute approximate surface area is 68.6 Å². The summed E-state index contributed by atoms with van der Waals surface area (Å²) < 4.78 is 4.58. The van der Waals surface area contributed by atoms with Crippen LogP contribution in [0.4, 0.5) is 0 Å². The summed E-state index contributed by atoms with van der Waals surface area (Å²) in [4.78, 5) is 0. The minimum atomic E-state index is -1.51. The van der Waals surface area contributed by atoms with E-state index in [9.17, 15) is 0 Å². The van der Waals surface area contributed by atoms with Gasteiger partial charge in [0, 0.05) is 0 Å². The highest BCUT2D eigenvalue weighted by molar-refractivity contribution is 4.89.